The minimum absolute atomic E-state index is 0.224. The van der Waals surface area contributed by atoms with Gasteiger partial charge in [0.25, 0.3) is 0 Å². The van der Waals surface area contributed by atoms with Crippen LogP contribution in [0.1, 0.15) is 35.3 Å². The van der Waals surface area contributed by atoms with E-state index in [4.69, 9.17) is 0 Å². The molecule has 18 heavy (non-hydrogen) atoms. The van der Waals surface area contributed by atoms with Gasteiger partial charge >= 0.3 is 0 Å². The molecule has 0 saturated heterocycles. The lowest BCUT2D eigenvalue weighted by Gasteiger charge is -2.17. The summed E-state index contributed by atoms with van der Waals surface area (Å²) in [5.41, 5.74) is 4.81. The number of rotatable bonds is 3. The Labute approximate surface area is 108 Å². The molecule has 0 aliphatic heterocycles. The molecule has 0 spiro atoms. The van der Waals surface area contributed by atoms with Gasteiger partial charge in [0.2, 0.25) is 0 Å². The van der Waals surface area contributed by atoms with Crippen LogP contribution < -0.4 is 5.32 Å². The Bertz CT molecular complexity index is 549. The number of nitrogens with zero attached hydrogens (tertiary/aromatic N) is 2. The molecule has 1 aromatic carbocycles. The maximum absolute atomic E-state index is 4.41. The summed E-state index contributed by atoms with van der Waals surface area (Å²) in [7, 11) is 0. The van der Waals surface area contributed by atoms with E-state index in [-0.39, 0.29) is 6.04 Å². The van der Waals surface area contributed by atoms with Crippen LogP contribution in [0.3, 0.4) is 0 Å². The molecule has 0 radical (unpaired) electrons. The summed E-state index contributed by atoms with van der Waals surface area (Å²) in [6.45, 7) is 8.34. The van der Waals surface area contributed by atoms with E-state index in [2.05, 4.69) is 54.3 Å². The molecular formula is C15H19N3. The van der Waals surface area contributed by atoms with Crippen molar-refractivity contribution in [1.29, 1.82) is 0 Å². The molecule has 94 valence electrons. The molecule has 2 aromatic rings. The third-order valence-corrected chi connectivity index (χ3v) is 3.01. The quantitative estimate of drug-likeness (QED) is 0.892. The maximum Gasteiger partial charge on any atom is 0.145 e. The third-order valence-electron chi connectivity index (χ3n) is 3.01. The minimum Gasteiger partial charge on any atom is -0.362 e. The van der Waals surface area contributed by atoms with Crippen molar-refractivity contribution >= 4 is 5.82 Å². The van der Waals surface area contributed by atoms with E-state index in [0.717, 1.165) is 11.5 Å². The van der Waals surface area contributed by atoms with Gasteiger partial charge in [0.05, 0.1) is 17.9 Å². The Morgan fingerprint density at radius 1 is 1.11 bits per heavy atom. The summed E-state index contributed by atoms with van der Waals surface area (Å²) in [5.74, 6) is 0.822. The number of aromatic nitrogens is 2. The standard InChI is InChI=1S/C15H19N3/c1-10-5-6-14(11(2)7-10)13(4)18-15-9-16-8-12(3)17-15/h5-9,13H,1-4H3,(H,17,18). The highest BCUT2D eigenvalue weighted by Crippen LogP contribution is 2.21. The predicted octanol–water partition coefficient (Wildman–Crippen LogP) is 3.57. The Kier molecular flexibility index (Phi) is 3.60. The van der Waals surface area contributed by atoms with E-state index in [1.165, 1.54) is 16.7 Å². The van der Waals surface area contributed by atoms with Crippen LogP contribution in [0, 0.1) is 20.8 Å². The van der Waals surface area contributed by atoms with E-state index < -0.39 is 0 Å². The Balaban J connectivity index is 2.19. The van der Waals surface area contributed by atoms with Crippen LogP contribution >= 0.6 is 0 Å². The fourth-order valence-corrected chi connectivity index (χ4v) is 2.14. The van der Waals surface area contributed by atoms with Crippen LogP contribution in [0.15, 0.2) is 30.6 Å². The van der Waals surface area contributed by atoms with Crippen molar-refractivity contribution in [3.8, 4) is 0 Å². The first kappa shape index (κ1) is 12.6. The van der Waals surface area contributed by atoms with Crippen molar-refractivity contribution in [1.82, 2.24) is 9.97 Å². The molecule has 2 rings (SSSR count). The second kappa shape index (κ2) is 5.17. The van der Waals surface area contributed by atoms with Gasteiger partial charge in [-0.2, -0.15) is 0 Å². The topological polar surface area (TPSA) is 37.8 Å². The lowest BCUT2D eigenvalue weighted by molar-refractivity contribution is 0.858. The molecule has 0 fully saturated rings. The van der Waals surface area contributed by atoms with Crippen LogP contribution in [0.5, 0.6) is 0 Å². The molecule has 0 aliphatic rings. The van der Waals surface area contributed by atoms with Crippen molar-refractivity contribution in [3.05, 3.63) is 53.0 Å². The summed E-state index contributed by atoms with van der Waals surface area (Å²) in [6.07, 6.45) is 3.51. The molecule has 1 atom stereocenters. The fourth-order valence-electron chi connectivity index (χ4n) is 2.14. The van der Waals surface area contributed by atoms with Crippen molar-refractivity contribution in [2.45, 2.75) is 33.7 Å². The Morgan fingerprint density at radius 2 is 1.89 bits per heavy atom. The smallest absolute Gasteiger partial charge is 0.145 e. The monoisotopic (exact) mass is 241 g/mol. The summed E-state index contributed by atoms with van der Waals surface area (Å²) in [6, 6.07) is 6.74. The van der Waals surface area contributed by atoms with Gasteiger partial charge in [0.1, 0.15) is 5.82 Å². The lowest BCUT2D eigenvalue weighted by Crippen LogP contribution is -2.10. The number of anilines is 1. The number of hydrogen-bond donors (Lipinski definition) is 1. The van der Waals surface area contributed by atoms with Crippen LogP contribution in [-0.4, -0.2) is 9.97 Å². The zero-order chi connectivity index (χ0) is 13.1. The van der Waals surface area contributed by atoms with Crippen LogP contribution in [0.2, 0.25) is 0 Å². The number of hydrogen-bond acceptors (Lipinski definition) is 3. The molecule has 0 aliphatic carbocycles. The lowest BCUT2D eigenvalue weighted by atomic mass is 10.0. The summed E-state index contributed by atoms with van der Waals surface area (Å²) >= 11 is 0. The fraction of sp³-hybridized carbons (Fsp3) is 0.333. The van der Waals surface area contributed by atoms with Crippen molar-refractivity contribution in [2.24, 2.45) is 0 Å². The maximum atomic E-state index is 4.41. The van der Waals surface area contributed by atoms with E-state index in [9.17, 15) is 0 Å². The zero-order valence-electron chi connectivity index (χ0n) is 11.4. The van der Waals surface area contributed by atoms with Gasteiger partial charge in [-0.25, -0.2) is 4.98 Å². The predicted molar refractivity (Wildman–Crippen MR) is 74.7 cm³/mol. The molecule has 3 nitrogen and oxygen atoms in total. The van der Waals surface area contributed by atoms with Gasteiger partial charge in [-0.05, 0) is 38.8 Å². The van der Waals surface area contributed by atoms with E-state index in [0.29, 0.717) is 0 Å². The Morgan fingerprint density at radius 3 is 2.56 bits per heavy atom. The highest BCUT2D eigenvalue weighted by atomic mass is 15.0. The normalized spacial score (nSPS) is 12.2. The second-order valence-electron chi connectivity index (χ2n) is 4.77. The van der Waals surface area contributed by atoms with Gasteiger partial charge in [-0.3, -0.25) is 4.98 Å². The van der Waals surface area contributed by atoms with Crippen molar-refractivity contribution in [3.63, 3.8) is 0 Å². The van der Waals surface area contributed by atoms with E-state index in [1.807, 2.05) is 6.92 Å². The third kappa shape index (κ3) is 2.86. The second-order valence-corrected chi connectivity index (χ2v) is 4.77. The molecule has 0 saturated carbocycles. The molecule has 0 bridgehead atoms. The van der Waals surface area contributed by atoms with E-state index >= 15 is 0 Å². The Hall–Kier alpha value is -1.90. The van der Waals surface area contributed by atoms with Gasteiger partial charge in [0.15, 0.2) is 0 Å². The van der Waals surface area contributed by atoms with Crippen molar-refractivity contribution < 1.29 is 0 Å². The number of nitrogens with one attached hydrogen (secondary N) is 1. The average molecular weight is 241 g/mol. The van der Waals surface area contributed by atoms with Crippen molar-refractivity contribution in [2.75, 3.05) is 5.32 Å². The summed E-state index contributed by atoms with van der Waals surface area (Å²) in [4.78, 5) is 8.55. The first-order valence-electron chi connectivity index (χ1n) is 6.18. The van der Waals surface area contributed by atoms with Gasteiger partial charge < -0.3 is 5.32 Å². The molecule has 1 aromatic heterocycles. The largest absolute Gasteiger partial charge is 0.362 e. The summed E-state index contributed by atoms with van der Waals surface area (Å²) < 4.78 is 0. The van der Waals surface area contributed by atoms with Crippen LogP contribution in [-0.2, 0) is 0 Å². The van der Waals surface area contributed by atoms with E-state index in [1.54, 1.807) is 12.4 Å². The molecule has 3 heteroatoms. The highest BCUT2D eigenvalue weighted by Gasteiger charge is 2.09. The van der Waals surface area contributed by atoms with Gasteiger partial charge in [-0.15, -0.1) is 0 Å². The molecule has 1 unspecified atom stereocenters. The number of benzene rings is 1. The van der Waals surface area contributed by atoms with Crippen LogP contribution in [0.4, 0.5) is 5.82 Å². The average Bonchev–Trinajstić information content (AvgIpc) is 2.28. The minimum atomic E-state index is 0.224. The van der Waals surface area contributed by atoms with Crippen LogP contribution in [0.25, 0.3) is 0 Å². The zero-order valence-corrected chi connectivity index (χ0v) is 11.4. The molecule has 0 amide bonds. The molecular weight excluding hydrogens is 222 g/mol. The summed E-state index contributed by atoms with van der Waals surface area (Å²) in [5, 5.41) is 3.39. The van der Waals surface area contributed by atoms with Gasteiger partial charge in [0, 0.05) is 6.20 Å². The number of aryl methyl sites for hydroxylation is 3. The first-order chi connectivity index (χ1) is 8.56. The first-order valence-corrected chi connectivity index (χ1v) is 6.18. The SMILES string of the molecule is Cc1ccc(C(C)Nc2cncc(C)n2)c(C)c1. The highest BCUT2D eigenvalue weighted by molar-refractivity contribution is 5.40. The molecule has 1 heterocycles. The molecule has 1 N–H and O–H groups in total. The van der Waals surface area contributed by atoms with Gasteiger partial charge in [-0.1, -0.05) is 23.8 Å².